The summed E-state index contributed by atoms with van der Waals surface area (Å²) >= 11 is 0. The van der Waals surface area contributed by atoms with Crippen LogP contribution in [-0.4, -0.2) is 25.3 Å². The van der Waals surface area contributed by atoms with E-state index in [0.29, 0.717) is 6.61 Å². The number of hydrogen-bond donors (Lipinski definition) is 0. The van der Waals surface area contributed by atoms with Crippen molar-refractivity contribution in [1.29, 1.82) is 0 Å². The molecular weight excluding hydrogens is 180 g/mol. The first-order valence-electron chi connectivity index (χ1n) is 4.90. The van der Waals surface area contributed by atoms with Crippen molar-refractivity contribution in [2.45, 2.75) is 40.2 Å². The Morgan fingerprint density at radius 3 is 2.43 bits per heavy atom. The van der Waals surface area contributed by atoms with Crippen molar-refractivity contribution < 1.29 is 14.3 Å². The van der Waals surface area contributed by atoms with E-state index in [1.165, 1.54) is 6.92 Å². The van der Waals surface area contributed by atoms with Gasteiger partial charge in [-0.3, -0.25) is 4.79 Å². The lowest BCUT2D eigenvalue weighted by atomic mass is 10.4. The molecule has 0 heterocycles. The maximum atomic E-state index is 10.4. The molecule has 0 aliphatic heterocycles. The molecule has 0 aromatic heterocycles. The topological polar surface area (TPSA) is 35.5 Å². The van der Waals surface area contributed by atoms with Crippen molar-refractivity contribution in [1.82, 2.24) is 0 Å². The minimum absolute atomic E-state index is 0.126. The van der Waals surface area contributed by atoms with E-state index in [1.54, 1.807) is 6.08 Å². The molecule has 0 rings (SSSR count). The molecule has 0 bridgehead atoms. The molecule has 0 saturated carbocycles. The Kier molecular flexibility index (Phi) is 13.6. The van der Waals surface area contributed by atoms with Crippen LogP contribution in [-0.2, 0) is 14.3 Å². The average molecular weight is 202 g/mol. The van der Waals surface area contributed by atoms with Gasteiger partial charge in [0.05, 0.1) is 6.61 Å². The van der Waals surface area contributed by atoms with Crippen LogP contribution in [0.5, 0.6) is 0 Å². The summed E-state index contributed by atoms with van der Waals surface area (Å²) in [5.41, 5.74) is 0. The van der Waals surface area contributed by atoms with Gasteiger partial charge in [0.1, 0.15) is 6.10 Å². The van der Waals surface area contributed by atoms with Gasteiger partial charge >= 0.3 is 5.97 Å². The molecule has 0 aliphatic carbocycles. The van der Waals surface area contributed by atoms with E-state index in [-0.39, 0.29) is 12.1 Å². The third-order valence-electron chi connectivity index (χ3n) is 1.07. The molecule has 3 nitrogen and oxygen atoms in total. The second-order valence-corrected chi connectivity index (χ2v) is 2.90. The fourth-order valence-electron chi connectivity index (χ4n) is 0.711. The lowest BCUT2D eigenvalue weighted by molar-refractivity contribution is -0.148. The number of allylic oxidation sites excluding steroid dienone is 1. The lowest BCUT2D eigenvalue weighted by Crippen LogP contribution is -2.18. The van der Waals surface area contributed by atoms with Gasteiger partial charge in [0, 0.05) is 13.5 Å². The van der Waals surface area contributed by atoms with Crippen LogP contribution in [0.1, 0.15) is 34.1 Å². The van der Waals surface area contributed by atoms with Crippen molar-refractivity contribution in [3.63, 3.8) is 0 Å². The predicted octanol–water partition coefficient (Wildman–Crippen LogP) is 2.56. The maximum Gasteiger partial charge on any atom is 0.302 e. The third kappa shape index (κ3) is 17.3. The second-order valence-electron chi connectivity index (χ2n) is 2.90. The first-order valence-corrected chi connectivity index (χ1v) is 4.90. The SMILES string of the molecule is C=CC.CCCOCC(C)OC(C)=O. The number of rotatable bonds is 5. The molecule has 1 atom stereocenters. The van der Waals surface area contributed by atoms with Gasteiger partial charge in [0.25, 0.3) is 0 Å². The Morgan fingerprint density at radius 1 is 1.57 bits per heavy atom. The molecule has 0 amide bonds. The van der Waals surface area contributed by atoms with Gasteiger partial charge in [-0.15, -0.1) is 6.58 Å². The molecule has 0 aromatic rings. The van der Waals surface area contributed by atoms with Gasteiger partial charge in [-0.1, -0.05) is 13.0 Å². The lowest BCUT2D eigenvalue weighted by Gasteiger charge is -2.11. The molecule has 14 heavy (non-hydrogen) atoms. The summed E-state index contributed by atoms with van der Waals surface area (Å²) in [5.74, 6) is -0.252. The smallest absolute Gasteiger partial charge is 0.302 e. The van der Waals surface area contributed by atoms with Gasteiger partial charge in [-0.05, 0) is 20.3 Å². The van der Waals surface area contributed by atoms with E-state index in [1.807, 2.05) is 20.8 Å². The summed E-state index contributed by atoms with van der Waals surface area (Å²) in [6, 6.07) is 0. The fourth-order valence-corrected chi connectivity index (χ4v) is 0.711. The molecular formula is C11H22O3. The molecule has 3 heteroatoms. The number of ether oxygens (including phenoxy) is 2. The highest BCUT2D eigenvalue weighted by Crippen LogP contribution is 1.92. The molecule has 0 fully saturated rings. The van der Waals surface area contributed by atoms with E-state index in [4.69, 9.17) is 9.47 Å². The molecule has 0 saturated heterocycles. The van der Waals surface area contributed by atoms with Gasteiger partial charge in [0.15, 0.2) is 0 Å². The van der Waals surface area contributed by atoms with Crippen LogP contribution in [0.3, 0.4) is 0 Å². The van der Waals surface area contributed by atoms with Crippen molar-refractivity contribution in [2.24, 2.45) is 0 Å². The molecule has 0 aliphatic rings. The Hall–Kier alpha value is -0.830. The number of carbonyl (C=O) groups excluding carboxylic acids is 1. The number of esters is 1. The standard InChI is InChI=1S/C8H16O3.C3H6/c1-4-5-10-6-7(2)11-8(3)9;1-3-2/h7H,4-6H2,1-3H3;3H,1H2,2H3. The van der Waals surface area contributed by atoms with Gasteiger partial charge in [0.2, 0.25) is 0 Å². The summed E-state index contributed by atoms with van der Waals surface area (Å²) in [4.78, 5) is 10.4. The molecule has 0 aromatic carbocycles. The van der Waals surface area contributed by atoms with E-state index >= 15 is 0 Å². The summed E-state index contributed by atoms with van der Waals surface area (Å²) in [5, 5.41) is 0. The Labute approximate surface area is 87.1 Å². The highest BCUT2D eigenvalue weighted by molar-refractivity contribution is 5.66. The minimum Gasteiger partial charge on any atom is -0.460 e. The molecule has 0 N–H and O–H groups in total. The Balaban J connectivity index is 0. The summed E-state index contributed by atoms with van der Waals surface area (Å²) in [6.07, 6.45) is 2.62. The highest BCUT2D eigenvalue weighted by Gasteiger charge is 2.03. The monoisotopic (exact) mass is 202 g/mol. The van der Waals surface area contributed by atoms with Crippen molar-refractivity contribution in [3.05, 3.63) is 12.7 Å². The zero-order valence-electron chi connectivity index (χ0n) is 9.71. The van der Waals surface area contributed by atoms with Gasteiger partial charge < -0.3 is 9.47 Å². The quantitative estimate of drug-likeness (QED) is 0.390. The van der Waals surface area contributed by atoms with Crippen LogP contribution in [0.25, 0.3) is 0 Å². The molecule has 84 valence electrons. The normalized spacial score (nSPS) is 10.9. The third-order valence-corrected chi connectivity index (χ3v) is 1.07. The van der Waals surface area contributed by atoms with E-state index in [2.05, 4.69) is 6.58 Å². The maximum absolute atomic E-state index is 10.4. The zero-order chi connectivity index (χ0) is 11.4. The van der Waals surface area contributed by atoms with Crippen LogP contribution >= 0.6 is 0 Å². The van der Waals surface area contributed by atoms with E-state index < -0.39 is 0 Å². The first kappa shape index (κ1) is 15.6. The van der Waals surface area contributed by atoms with Crippen LogP contribution in [0.2, 0.25) is 0 Å². The van der Waals surface area contributed by atoms with Crippen LogP contribution < -0.4 is 0 Å². The number of carbonyl (C=O) groups is 1. The Bertz CT molecular complexity index is 143. The Morgan fingerprint density at radius 2 is 2.07 bits per heavy atom. The highest BCUT2D eigenvalue weighted by atomic mass is 16.6. The minimum atomic E-state index is -0.252. The van der Waals surface area contributed by atoms with Gasteiger partial charge in [-0.2, -0.15) is 0 Å². The summed E-state index contributed by atoms with van der Waals surface area (Å²) < 4.78 is 10.0. The van der Waals surface area contributed by atoms with Crippen molar-refractivity contribution >= 4 is 5.97 Å². The van der Waals surface area contributed by atoms with Crippen molar-refractivity contribution in [3.8, 4) is 0 Å². The zero-order valence-corrected chi connectivity index (χ0v) is 9.71. The van der Waals surface area contributed by atoms with E-state index in [9.17, 15) is 4.79 Å². The largest absolute Gasteiger partial charge is 0.460 e. The van der Waals surface area contributed by atoms with Crippen molar-refractivity contribution in [2.75, 3.05) is 13.2 Å². The summed E-state index contributed by atoms with van der Waals surface area (Å²) in [7, 11) is 0. The molecule has 0 spiro atoms. The fraction of sp³-hybridized carbons (Fsp3) is 0.727. The number of hydrogen-bond acceptors (Lipinski definition) is 3. The molecule has 0 radical (unpaired) electrons. The van der Waals surface area contributed by atoms with Crippen LogP contribution in [0, 0.1) is 0 Å². The predicted molar refractivity (Wildman–Crippen MR) is 58.2 cm³/mol. The van der Waals surface area contributed by atoms with Gasteiger partial charge in [-0.25, -0.2) is 0 Å². The first-order chi connectivity index (χ1) is 6.58. The second kappa shape index (κ2) is 12.2. The average Bonchev–Trinajstić information content (AvgIpc) is 2.04. The van der Waals surface area contributed by atoms with Crippen LogP contribution in [0.4, 0.5) is 0 Å². The molecule has 1 unspecified atom stereocenters. The summed E-state index contributed by atoms with van der Waals surface area (Å²) in [6.45, 7) is 11.7. The van der Waals surface area contributed by atoms with E-state index in [0.717, 1.165) is 13.0 Å². The van der Waals surface area contributed by atoms with Crippen LogP contribution in [0.15, 0.2) is 12.7 Å².